The van der Waals surface area contributed by atoms with Gasteiger partial charge in [-0.2, -0.15) is 0 Å². The Morgan fingerprint density at radius 1 is 0.564 bits per heavy atom. The number of aromatic nitrogens is 1. The molecule has 1 heterocycles. The van der Waals surface area contributed by atoms with E-state index in [9.17, 15) is 0 Å². The molecule has 0 aliphatic heterocycles. The van der Waals surface area contributed by atoms with Gasteiger partial charge in [-0.05, 0) is 82.0 Å². The molecular formula is C38H27N. The summed E-state index contributed by atoms with van der Waals surface area (Å²) in [4.78, 5) is 0. The molecule has 0 N–H and O–H groups in total. The second kappa shape index (κ2) is 7.94. The molecule has 1 unspecified atom stereocenters. The first-order valence-electron chi connectivity index (χ1n) is 14.1. The molecule has 0 fully saturated rings. The summed E-state index contributed by atoms with van der Waals surface area (Å²) in [6.07, 6.45) is 7.94. The normalized spacial score (nSPS) is 17.0. The summed E-state index contributed by atoms with van der Waals surface area (Å²) in [5, 5.41) is 2.64. The molecule has 6 aromatic rings. The third-order valence-corrected chi connectivity index (χ3v) is 9.31. The van der Waals surface area contributed by atoms with Crippen molar-refractivity contribution in [1.29, 1.82) is 0 Å². The SMILES string of the molecule is C1=CC(c2cccc3c2Cc2ccccc2-3)=C2Cc3c(cccc3-n3c4ccccc4c4ccccc43)C2C1. The third-order valence-electron chi connectivity index (χ3n) is 9.31. The maximum Gasteiger partial charge on any atom is 0.0541 e. The molecule has 184 valence electrons. The van der Waals surface area contributed by atoms with Crippen molar-refractivity contribution in [2.45, 2.75) is 25.2 Å². The van der Waals surface area contributed by atoms with Crippen molar-refractivity contribution < 1.29 is 0 Å². The van der Waals surface area contributed by atoms with Crippen molar-refractivity contribution in [3.05, 3.63) is 155 Å². The van der Waals surface area contributed by atoms with Crippen LogP contribution in [0.1, 0.15) is 40.2 Å². The van der Waals surface area contributed by atoms with E-state index in [1.54, 1.807) is 5.57 Å². The molecule has 0 spiro atoms. The number of nitrogens with zero attached hydrogens (tertiary/aromatic N) is 1. The topological polar surface area (TPSA) is 4.93 Å². The lowest BCUT2D eigenvalue weighted by Crippen LogP contribution is -2.04. The quantitative estimate of drug-likeness (QED) is 0.224. The van der Waals surface area contributed by atoms with Gasteiger partial charge in [0.1, 0.15) is 0 Å². The predicted molar refractivity (Wildman–Crippen MR) is 163 cm³/mol. The van der Waals surface area contributed by atoms with Gasteiger partial charge >= 0.3 is 0 Å². The predicted octanol–water partition coefficient (Wildman–Crippen LogP) is 9.41. The molecule has 0 amide bonds. The van der Waals surface area contributed by atoms with Crippen molar-refractivity contribution >= 4 is 27.4 Å². The van der Waals surface area contributed by atoms with Crippen molar-refractivity contribution in [1.82, 2.24) is 4.57 Å². The van der Waals surface area contributed by atoms with Crippen molar-refractivity contribution in [3.8, 4) is 16.8 Å². The van der Waals surface area contributed by atoms with Crippen LogP contribution in [-0.4, -0.2) is 4.57 Å². The van der Waals surface area contributed by atoms with Crippen LogP contribution in [0.3, 0.4) is 0 Å². The van der Waals surface area contributed by atoms with Gasteiger partial charge in [0.2, 0.25) is 0 Å². The summed E-state index contributed by atoms with van der Waals surface area (Å²) in [5.74, 6) is 0.452. The fourth-order valence-electron chi connectivity index (χ4n) is 7.66. The van der Waals surface area contributed by atoms with E-state index in [4.69, 9.17) is 0 Å². The molecule has 1 aromatic heterocycles. The number of fused-ring (bicyclic) bond motifs is 9. The van der Waals surface area contributed by atoms with Crippen LogP contribution in [0.2, 0.25) is 0 Å². The van der Waals surface area contributed by atoms with Crippen LogP contribution in [-0.2, 0) is 12.8 Å². The Hall–Kier alpha value is -4.62. The zero-order valence-electron chi connectivity index (χ0n) is 21.7. The molecule has 9 rings (SSSR count). The van der Waals surface area contributed by atoms with Gasteiger partial charge in [-0.25, -0.2) is 0 Å². The Labute approximate surface area is 228 Å². The van der Waals surface area contributed by atoms with Gasteiger partial charge in [0.15, 0.2) is 0 Å². The molecule has 3 aliphatic rings. The Balaban J connectivity index is 1.25. The first-order valence-corrected chi connectivity index (χ1v) is 14.1. The highest BCUT2D eigenvalue weighted by Crippen LogP contribution is 2.50. The number of para-hydroxylation sites is 2. The number of benzene rings is 5. The van der Waals surface area contributed by atoms with Gasteiger partial charge in [0, 0.05) is 22.4 Å². The summed E-state index contributed by atoms with van der Waals surface area (Å²) in [5.41, 5.74) is 17.1. The first kappa shape index (κ1) is 21.3. The van der Waals surface area contributed by atoms with E-state index in [0.717, 1.165) is 19.3 Å². The third kappa shape index (κ3) is 2.90. The van der Waals surface area contributed by atoms with Crippen molar-refractivity contribution in [3.63, 3.8) is 0 Å². The Morgan fingerprint density at radius 2 is 1.26 bits per heavy atom. The van der Waals surface area contributed by atoms with Crippen LogP contribution in [0.5, 0.6) is 0 Å². The molecular weight excluding hydrogens is 470 g/mol. The lowest BCUT2D eigenvalue weighted by Gasteiger charge is -2.21. The average molecular weight is 498 g/mol. The Morgan fingerprint density at radius 3 is 2.10 bits per heavy atom. The van der Waals surface area contributed by atoms with Gasteiger partial charge in [-0.15, -0.1) is 0 Å². The lowest BCUT2D eigenvalue weighted by atomic mass is 9.82. The standard InChI is InChI=1S/C38H27N/c1-2-11-25-24(10-1)22-33-26(25)14-7-15-27(33)28-16-8-17-29-30-18-9-21-38(35(30)23-34(28)29)39-36-19-5-3-12-31(36)32-13-4-6-20-37(32)39/h1-16,18-21,29H,17,22-23H2. The van der Waals surface area contributed by atoms with Crippen LogP contribution in [0, 0.1) is 0 Å². The van der Waals surface area contributed by atoms with Gasteiger partial charge in [-0.3, -0.25) is 0 Å². The summed E-state index contributed by atoms with van der Waals surface area (Å²) in [6.45, 7) is 0. The van der Waals surface area contributed by atoms with Crippen LogP contribution in [0.25, 0.3) is 44.2 Å². The highest BCUT2D eigenvalue weighted by Gasteiger charge is 2.34. The van der Waals surface area contributed by atoms with Crippen LogP contribution >= 0.6 is 0 Å². The van der Waals surface area contributed by atoms with E-state index in [1.807, 2.05) is 0 Å². The first-order chi connectivity index (χ1) is 19.4. The van der Waals surface area contributed by atoms with Crippen LogP contribution in [0.15, 0.2) is 127 Å². The van der Waals surface area contributed by atoms with E-state index < -0.39 is 0 Å². The summed E-state index contributed by atoms with van der Waals surface area (Å²) in [6, 6.07) is 40.5. The monoisotopic (exact) mass is 497 g/mol. The summed E-state index contributed by atoms with van der Waals surface area (Å²) >= 11 is 0. The zero-order chi connectivity index (χ0) is 25.5. The minimum absolute atomic E-state index is 0.452. The van der Waals surface area contributed by atoms with E-state index >= 15 is 0 Å². The van der Waals surface area contributed by atoms with Crippen LogP contribution < -0.4 is 0 Å². The Kier molecular flexibility index (Phi) is 4.34. The molecule has 1 heteroatoms. The average Bonchev–Trinajstić information content (AvgIpc) is 3.67. The van der Waals surface area contributed by atoms with Gasteiger partial charge in [-0.1, -0.05) is 109 Å². The van der Waals surface area contributed by atoms with Crippen LogP contribution in [0.4, 0.5) is 0 Å². The van der Waals surface area contributed by atoms with E-state index in [0.29, 0.717) is 5.92 Å². The van der Waals surface area contributed by atoms with E-state index in [2.05, 4.69) is 126 Å². The molecule has 1 atom stereocenters. The second-order valence-electron chi connectivity index (χ2n) is 11.2. The highest BCUT2D eigenvalue weighted by molar-refractivity contribution is 6.09. The van der Waals surface area contributed by atoms with Crippen molar-refractivity contribution in [2.24, 2.45) is 0 Å². The lowest BCUT2D eigenvalue weighted by molar-refractivity contribution is 0.826. The smallest absolute Gasteiger partial charge is 0.0541 e. The maximum atomic E-state index is 2.51. The molecule has 1 nitrogen and oxygen atoms in total. The summed E-state index contributed by atoms with van der Waals surface area (Å²) in [7, 11) is 0. The number of hydrogen-bond donors (Lipinski definition) is 0. The molecule has 0 bridgehead atoms. The fourth-order valence-corrected chi connectivity index (χ4v) is 7.66. The summed E-state index contributed by atoms with van der Waals surface area (Å²) < 4.78 is 2.51. The number of rotatable bonds is 2. The van der Waals surface area contributed by atoms with Gasteiger partial charge in [0.25, 0.3) is 0 Å². The molecule has 5 aromatic carbocycles. The minimum atomic E-state index is 0.452. The van der Waals surface area contributed by atoms with E-state index in [-0.39, 0.29) is 0 Å². The second-order valence-corrected chi connectivity index (χ2v) is 11.2. The molecule has 0 radical (unpaired) electrons. The molecule has 0 saturated carbocycles. The minimum Gasteiger partial charge on any atom is -0.309 e. The highest BCUT2D eigenvalue weighted by atomic mass is 15.0. The van der Waals surface area contributed by atoms with E-state index in [1.165, 1.54) is 72.0 Å². The number of hydrogen-bond acceptors (Lipinski definition) is 0. The fraction of sp³-hybridized carbons (Fsp3) is 0.105. The molecule has 3 aliphatic carbocycles. The zero-order valence-corrected chi connectivity index (χ0v) is 21.7. The largest absolute Gasteiger partial charge is 0.309 e. The maximum absolute atomic E-state index is 2.51. The Bertz CT molecular complexity index is 1990. The van der Waals surface area contributed by atoms with Crippen molar-refractivity contribution in [2.75, 3.05) is 0 Å². The molecule has 39 heavy (non-hydrogen) atoms. The number of allylic oxidation sites excluding steroid dienone is 4. The van der Waals surface area contributed by atoms with Gasteiger partial charge < -0.3 is 4.57 Å². The molecule has 0 saturated heterocycles. The van der Waals surface area contributed by atoms with Gasteiger partial charge in [0.05, 0.1) is 11.0 Å².